The third-order valence-electron chi connectivity index (χ3n) is 3.46. The third kappa shape index (κ3) is 4.18. The number of hydrogen-bond donors (Lipinski definition) is 2. The van der Waals surface area contributed by atoms with E-state index >= 15 is 0 Å². The van der Waals surface area contributed by atoms with Gasteiger partial charge < -0.3 is 24.5 Å². The molecule has 23 heavy (non-hydrogen) atoms. The van der Waals surface area contributed by atoms with Gasteiger partial charge in [-0.1, -0.05) is 6.07 Å². The van der Waals surface area contributed by atoms with E-state index in [1.54, 1.807) is 6.26 Å². The van der Waals surface area contributed by atoms with Gasteiger partial charge in [0.25, 0.3) is 0 Å². The highest BCUT2D eigenvalue weighted by Gasteiger charge is 2.12. The van der Waals surface area contributed by atoms with Gasteiger partial charge in [0.15, 0.2) is 17.5 Å². The molecule has 0 saturated heterocycles. The molecular formula is C17H21N3O3. The number of ether oxygens (including phenoxy) is 2. The Labute approximate surface area is 135 Å². The zero-order chi connectivity index (χ0) is 15.9. The van der Waals surface area contributed by atoms with Crippen LogP contribution >= 0.6 is 0 Å². The van der Waals surface area contributed by atoms with Crippen LogP contribution in [0.15, 0.2) is 46.0 Å². The van der Waals surface area contributed by atoms with E-state index in [0.717, 1.165) is 42.7 Å². The molecule has 2 heterocycles. The average molecular weight is 315 g/mol. The number of nitrogens with zero attached hydrogens (tertiary/aromatic N) is 1. The van der Waals surface area contributed by atoms with E-state index in [0.29, 0.717) is 13.3 Å². The topological polar surface area (TPSA) is 68.0 Å². The summed E-state index contributed by atoms with van der Waals surface area (Å²) in [6, 6.07) is 9.82. The smallest absolute Gasteiger partial charge is 0.231 e. The summed E-state index contributed by atoms with van der Waals surface area (Å²) in [6.07, 6.45) is 2.53. The summed E-state index contributed by atoms with van der Waals surface area (Å²) < 4.78 is 16.0. The van der Waals surface area contributed by atoms with Gasteiger partial charge in [-0.2, -0.15) is 0 Å². The van der Waals surface area contributed by atoms with Crippen LogP contribution in [-0.2, 0) is 13.0 Å². The maximum Gasteiger partial charge on any atom is 0.231 e. The summed E-state index contributed by atoms with van der Waals surface area (Å²) in [6.45, 7) is 4.47. The van der Waals surface area contributed by atoms with Crippen molar-refractivity contribution in [2.75, 3.05) is 19.9 Å². The molecule has 1 aromatic carbocycles. The minimum atomic E-state index is 0.307. The van der Waals surface area contributed by atoms with Crippen LogP contribution in [0.3, 0.4) is 0 Å². The first kappa shape index (κ1) is 15.3. The second-order valence-corrected chi connectivity index (χ2v) is 5.14. The first-order valence-electron chi connectivity index (χ1n) is 7.78. The van der Waals surface area contributed by atoms with Gasteiger partial charge in [0, 0.05) is 13.1 Å². The number of nitrogens with one attached hydrogen (secondary N) is 2. The molecule has 3 rings (SSSR count). The molecule has 0 bridgehead atoms. The quantitative estimate of drug-likeness (QED) is 0.632. The number of fused-ring (bicyclic) bond motifs is 1. The Kier molecular flexibility index (Phi) is 5.03. The lowest BCUT2D eigenvalue weighted by atomic mass is 10.1. The molecule has 1 aliphatic heterocycles. The van der Waals surface area contributed by atoms with E-state index in [1.807, 2.05) is 31.2 Å². The summed E-state index contributed by atoms with van der Waals surface area (Å²) in [4.78, 5) is 4.50. The van der Waals surface area contributed by atoms with Gasteiger partial charge in [-0.25, -0.2) is 4.99 Å². The van der Waals surface area contributed by atoms with Crippen LogP contribution in [0.25, 0.3) is 0 Å². The van der Waals surface area contributed by atoms with Crippen LogP contribution < -0.4 is 20.1 Å². The molecule has 0 aliphatic carbocycles. The predicted molar refractivity (Wildman–Crippen MR) is 87.8 cm³/mol. The summed E-state index contributed by atoms with van der Waals surface area (Å²) in [7, 11) is 0. The van der Waals surface area contributed by atoms with Crippen molar-refractivity contribution in [3.63, 3.8) is 0 Å². The highest BCUT2D eigenvalue weighted by Crippen LogP contribution is 2.32. The van der Waals surface area contributed by atoms with Gasteiger partial charge in [-0.15, -0.1) is 0 Å². The number of hydrogen-bond acceptors (Lipinski definition) is 4. The molecule has 2 aromatic rings. The predicted octanol–water partition coefficient (Wildman–Crippen LogP) is 2.31. The lowest BCUT2D eigenvalue weighted by Crippen LogP contribution is -2.38. The van der Waals surface area contributed by atoms with E-state index < -0.39 is 0 Å². The summed E-state index contributed by atoms with van der Waals surface area (Å²) >= 11 is 0. The second kappa shape index (κ2) is 7.58. The van der Waals surface area contributed by atoms with Crippen molar-refractivity contribution >= 4 is 5.96 Å². The molecule has 0 spiro atoms. The second-order valence-electron chi connectivity index (χ2n) is 5.14. The van der Waals surface area contributed by atoms with E-state index in [2.05, 4.69) is 21.7 Å². The Bertz CT molecular complexity index is 653. The number of guanidine groups is 1. The Hall–Kier alpha value is -2.63. The number of rotatable bonds is 6. The summed E-state index contributed by atoms with van der Waals surface area (Å²) in [5.41, 5.74) is 1.20. The molecule has 2 N–H and O–H groups in total. The van der Waals surface area contributed by atoms with Crippen LogP contribution in [0, 0.1) is 0 Å². The van der Waals surface area contributed by atoms with Gasteiger partial charge >= 0.3 is 0 Å². The van der Waals surface area contributed by atoms with Gasteiger partial charge in [-0.05, 0) is 43.2 Å². The molecule has 6 nitrogen and oxygen atoms in total. The van der Waals surface area contributed by atoms with E-state index in [4.69, 9.17) is 13.9 Å². The van der Waals surface area contributed by atoms with E-state index in [-0.39, 0.29) is 0 Å². The van der Waals surface area contributed by atoms with Gasteiger partial charge in [-0.3, -0.25) is 0 Å². The van der Waals surface area contributed by atoms with Crippen molar-refractivity contribution in [3.05, 3.63) is 47.9 Å². The zero-order valence-corrected chi connectivity index (χ0v) is 13.2. The van der Waals surface area contributed by atoms with Crippen LogP contribution in [-0.4, -0.2) is 25.8 Å². The SMILES string of the molecule is CCNC(=NCc1ccco1)NCCc1ccc2c(c1)OCO2. The number of aliphatic imine (C=N–C) groups is 1. The van der Waals surface area contributed by atoms with E-state index in [9.17, 15) is 0 Å². The molecule has 0 atom stereocenters. The fourth-order valence-electron chi connectivity index (χ4n) is 2.32. The number of benzene rings is 1. The molecule has 0 amide bonds. The fourth-order valence-corrected chi connectivity index (χ4v) is 2.32. The van der Waals surface area contributed by atoms with Gasteiger partial charge in [0.1, 0.15) is 12.3 Å². The van der Waals surface area contributed by atoms with Crippen molar-refractivity contribution in [1.29, 1.82) is 0 Å². The lowest BCUT2D eigenvalue weighted by Gasteiger charge is -2.11. The highest BCUT2D eigenvalue weighted by molar-refractivity contribution is 5.79. The minimum absolute atomic E-state index is 0.307. The van der Waals surface area contributed by atoms with Crippen molar-refractivity contribution in [2.24, 2.45) is 4.99 Å². The molecule has 1 aromatic heterocycles. The van der Waals surface area contributed by atoms with Crippen molar-refractivity contribution in [1.82, 2.24) is 10.6 Å². The first-order chi connectivity index (χ1) is 11.3. The van der Waals surface area contributed by atoms with Crippen molar-refractivity contribution < 1.29 is 13.9 Å². The van der Waals surface area contributed by atoms with Crippen LogP contribution in [0.5, 0.6) is 11.5 Å². The molecule has 0 fully saturated rings. The fraction of sp³-hybridized carbons (Fsp3) is 0.353. The molecule has 0 saturated carbocycles. The Morgan fingerprint density at radius 3 is 2.91 bits per heavy atom. The average Bonchev–Trinajstić information content (AvgIpc) is 3.23. The van der Waals surface area contributed by atoms with E-state index in [1.165, 1.54) is 5.56 Å². The van der Waals surface area contributed by atoms with Crippen LogP contribution in [0.1, 0.15) is 18.2 Å². The highest BCUT2D eigenvalue weighted by atomic mass is 16.7. The molecule has 0 unspecified atom stereocenters. The Balaban J connectivity index is 1.51. The molecule has 6 heteroatoms. The van der Waals surface area contributed by atoms with Gasteiger partial charge in [0.05, 0.1) is 6.26 Å². The van der Waals surface area contributed by atoms with Crippen LogP contribution in [0.4, 0.5) is 0 Å². The maximum absolute atomic E-state index is 5.40. The minimum Gasteiger partial charge on any atom is -0.467 e. The van der Waals surface area contributed by atoms with Crippen LogP contribution in [0.2, 0.25) is 0 Å². The van der Waals surface area contributed by atoms with Crippen molar-refractivity contribution in [3.8, 4) is 11.5 Å². The molecule has 122 valence electrons. The molecule has 1 aliphatic rings. The zero-order valence-electron chi connectivity index (χ0n) is 13.2. The Morgan fingerprint density at radius 1 is 1.17 bits per heavy atom. The van der Waals surface area contributed by atoms with Gasteiger partial charge in [0.2, 0.25) is 6.79 Å². The van der Waals surface area contributed by atoms with Crippen molar-refractivity contribution in [2.45, 2.75) is 19.9 Å². The lowest BCUT2D eigenvalue weighted by molar-refractivity contribution is 0.174. The number of furan rings is 1. The normalized spacial score (nSPS) is 13.2. The Morgan fingerprint density at radius 2 is 2.09 bits per heavy atom. The summed E-state index contributed by atoms with van der Waals surface area (Å²) in [5.74, 6) is 3.26. The third-order valence-corrected chi connectivity index (χ3v) is 3.46. The monoisotopic (exact) mass is 315 g/mol. The molecular weight excluding hydrogens is 294 g/mol. The first-order valence-corrected chi connectivity index (χ1v) is 7.78. The summed E-state index contributed by atoms with van der Waals surface area (Å²) in [5, 5.41) is 6.55. The standard InChI is InChI=1S/C17H21N3O3/c1-2-18-17(20-11-14-4-3-9-21-14)19-8-7-13-5-6-15-16(10-13)23-12-22-15/h3-6,9-10H,2,7-8,11-12H2,1H3,(H2,18,19,20). The largest absolute Gasteiger partial charge is 0.467 e. The molecule has 0 radical (unpaired) electrons. The maximum atomic E-state index is 5.40.